The van der Waals surface area contributed by atoms with Gasteiger partial charge in [0.1, 0.15) is 11.6 Å². The summed E-state index contributed by atoms with van der Waals surface area (Å²) in [6.45, 7) is 5.72. The third-order valence-electron chi connectivity index (χ3n) is 4.38. The number of amides is 2. The molecule has 3 aliphatic rings. The maximum Gasteiger partial charge on any atom is 0.248 e. The highest BCUT2D eigenvalue weighted by molar-refractivity contribution is 5.99. The average molecular weight is 266 g/mol. The smallest absolute Gasteiger partial charge is 0.248 e. The zero-order chi connectivity index (χ0) is 13.6. The summed E-state index contributed by atoms with van der Waals surface area (Å²) < 4.78 is 5.39. The van der Waals surface area contributed by atoms with Crippen LogP contribution < -0.4 is 5.32 Å². The summed E-state index contributed by atoms with van der Waals surface area (Å²) in [4.78, 5) is 26.7. The van der Waals surface area contributed by atoms with Crippen LogP contribution in [0.2, 0.25) is 0 Å². The Balaban J connectivity index is 1.80. The molecule has 2 aliphatic heterocycles. The van der Waals surface area contributed by atoms with E-state index < -0.39 is 5.54 Å². The van der Waals surface area contributed by atoms with Crippen LogP contribution in [0.5, 0.6) is 0 Å². The second-order valence-corrected chi connectivity index (χ2v) is 6.58. The van der Waals surface area contributed by atoms with Crippen LogP contribution in [-0.4, -0.2) is 48.1 Å². The number of ether oxygens (including phenoxy) is 1. The molecule has 2 atom stereocenters. The van der Waals surface area contributed by atoms with Crippen LogP contribution in [-0.2, 0) is 14.3 Å². The molecule has 0 bridgehead atoms. The molecule has 2 amide bonds. The van der Waals surface area contributed by atoms with E-state index in [0.717, 1.165) is 25.9 Å². The van der Waals surface area contributed by atoms with E-state index in [4.69, 9.17) is 4.74 Å². The first-order valence-electron chi connectivity index (χ1n) is 7.20. The van der Waals surface area contributed by atoms with Gasteiger partial charge in [-0.2, -0.15) is 0 Å². The Kier molecular flexibility index (Phi) is 3.04. The van der Waals surface area contributed by atoms with Crippen LogP contribution in [0.3, 0.4) is 0 Å². The van der Waals surface area contributed by atoms with Gasteiger partial charge in [0.05, 0.1) is 6.61 Å². The maximum atomic E-state index is 12.6. The zero-order valence-corrected chi connectivity index (χ0v) is 11.6. The summed E-state index contributed by atoms with van der Waals surface area (Å²) in [5.41, 5.74) is -0.776. The molecule has 1 aliphatic carbocycles. The van der Waals surface area contributed by atoms with Gasteiger partial charge in [0.15, 0.2) is 0 Å². The Morgan fingerprint density at radius 2 is 2.05 bits per heavy atom. The van der Waals surface area contributed by atoms with E-state index in [1.54, 1.807) is 13.8 Å². The van der Waals surface area contributed by atoms with E-state index in [1.807, 2.05) is 4.90 Å². The standard InChI is InChI=1S/C14H22N2O3/c1-14(2)13(18)16(7-9-5-6-19-8-9)11(10-3-4-10)12(17)15-14/h9-11H,3-8H2,1-2H3,(H,15,17). The lowest BCUT2D eigenvalue weighted by atomic mass is 9.93. The minimum atomic E-state index is -0.776. The Morgan fingerprint density at radius 3 is 2.63 bits per heavy atom. The number of carbonyl (C=O) groups excluding carboxylic acids is 2. The van der Waals surface area contributed by atoms with Crippen molar-refractivity contribution in [3.8, 4) is 0 Å². The van der Waals surface area contributed by atoms with Gasteiger partial charge in [0.25, 0.3) is 0 Å². The molecule has 2 saturated heterocycles. The van der Waals surface area contributed by atoms with Gasteiger partial charge in [-0.15, -0.1) is 0 Å². The highest BCUT2D eigenvalue weighted by Gasteiger charge is 2.51. The lowest BCUT2D eigenvalue weighted by Crippen LogP contribution is -2.69. The van der Waals surface area contributed by atoms with E-state index in [0.29, 0.717) is 25.0 Å². The number of nitrogens with zero attached hydrogens (tertiary/aromatic N) is 1. The molecule has 0 aromatic heterocycles. The molecule has 106 valence electrons. The topological polar surface area (TPSA) is 58.6 Å². The van der Waals surface area contributed by atoms with Gasteiger partial charge in [-0.05, 0) is 39.0 Å². The van der Waals surface area contributed by atoms with Gasteiger partial charge < -0.3 is 15.0 Å². The highest BCUT2D eigenvalue weighted by Crippen LogP contribution is 2.38. The second kappa shape index (κ2) is 4.47. The summed E-state index contributed by atoms with van der Waals surface area (Å²) in [7, 11) is 0. The molecule has 1 N–H and O–H groups in total. The van der Waals surface area contributed by atoms with E-state index in [-0.39, 0.29) is 17.9 Å². The first-order valence-corrected chi connectivity index (χ1v) is 7.20. The van der Waals surface area contributed by atoms with Crippen molar-refractivity contribution in [1.29, 1.82) is 0 Å². The minimum Gasteiger partial charge on any atom is -0.381 e. The second-order valence-electron chi connectivity index (χ2n) is 6.58. The van der Waals surface area contributed by atoms with E-state index in [2.05, 4.69) is 5.32 Å². The molecular weight excluding hydrogens is 244 g/mol. The molecule has 5 nitrogen and oxygen atoms in total. The third-order valence-corrected chi connectivity index (χ3v) is 4.38. The van der Waals surface area contributed by atoms with Gasteiger partial charge in [-0.1, -0.05) is 0 Å². The van der Waals surface area contributed by atoms with Crippen LogP contribution >= 0.6 is 0 Å². The lowest BCUT2D eigenvalue weighted by Gasteiger charge is -2.44. The average Bonchev–Trinajstić information content (AvgIpc) is 3.02. The number of rotatable bonds is 3. The Hall–Kier alpha value is -1.10. The van der Waals surface area contributed by atoms with Crippen molar-refractivity contribution in [2.75, 3.05) is 19.8 Å². The Labute approximate surface area is 113 Å². The van der Waals surface area contributed by atoms with E-state index >= 15 is 0 Å². The highest BCUT2D eigenvalue weighted by atomic mass is 16.5. The Morgan fingerprint density at radius 1 is 1.32 bits per heavy atom. The quantitative estimate of drug-likeness (QED) is 0.811. The van der Waals surface area contributed by atoms with Crippen molar-refractivity contribution < 1.29 is 14.3 Å². The molecule has 3 rings (SSSR count). The molecule has 0 aromatic rings. The van der Waals surface area contributed by atoms with Crippen molar-refractivity contribution in [1.82, 2.24) is 10.2 Å². The number of carbonyl (C=O) groups is 2. The SMILES string of the molecule is CC1(C)NC(=O)C(C2CC2)N(CC2CCOC2)C1=O. The van der Waals surface area contributed by atoms with Crippen LogP contribution in [0.25, 0.3) is 0 Å². The summed E-state index contributed by atoms with van der Waals surface area (Å²) in [5, 5.41) is 2.87. The van der Waals surface area contributed by atoms with Gasteiger partial charge in [0.2, 0.25) is 11.8 Å². The van der Waals surface area contributed by atoms with Gasteiger partial charge in [-0.3, -0.25) is 9.59 Å². The monoisotopic (exact) mass is 266 g/mol. The molecule has 0 spiro atoms. The fraction of sp³-hybridized carbons (Fsp3) is 0.857. The molecule has 19 heavy (non-hydrogen) atoms. The predicted molar refractivity (Wildman–Crippen MR) is 69.4 cm³/mol. The fourth-order valence-corrected chi connectivity index (χ4v) is 3.14. The summed E-state index contributed by atoms with van der Waals surface area (Å²) in [5.74, 6) is 0.816. The molecule has 1 saturated carbocycles. The van der Waals surface area contributed by atoms with E-state index in [9.17, 15) is 9.59 Å². The van der Waals surface area contributed by atoms with Crippen LogP contribution in [0.4, 0.5) is 0 Å². The number of piperazine rings is 1. The lowest BCUT2D eigenvalue weighted by molar-refractivity contribution is -0.155. The minimum absolute atomic E-state index is 0.0195. The van der Waals surface area contributed by atoms with Crippen LogP contribution in [0, 0.1) is 11.8 Å². The first kappa shape index (κ1) is 12.9. The molecule has 2 heterocycles. The molecule has 0 radical (unpaired) electrons. The fourth-order valence-electron chi connectivity index (χ4n) is 3.14. The Bertz CT molecular complexity index is 397. The number of hydrogen-bond donors (Lipinski definition) is 1. The van der Waals surface area contributed by atoms with Gasteiger partial charge >= 0.3 is 0 Å². The predicted octanol–water partition coefficient (Wildman–Crippen LogP) is 0.538. The largest absolute Gasteiger partial charge is 0.381 e. The summed E-state index contributed by atoms with van der Waals surface area (Å²) in [6.07, 6.45) is 3.11. The summed E-state index contributed by atoms with van der Waals surface area (Å²) >= 11 is 0. The van der Waals surface area contributed by atoms with Crippen LogP contribution in [0.1, 0.15) is 33.1 Å². The summed E-state index contributed by atoms with van der Waals surface area (Å²) in [6, 6.07) is -0.249. The van der Waals surface area contributed by atoms with Crippen LogP contribution in [0.15, 0.2) is 0 Å². The molecule has 3 fully saturated rings. The van der Waals surface area contributed by atoms with Gasteiger partial charge in [0, 0.05) is 19.1 Å². The molecule has 5 heteroatoms. The van der Waals surface area contributed by atoms with E-state index in [1.165, 1.54) is 0 Å². The van der Waals surface area contributed by atoms with Crippen molar-refractivity contribution >= 4 is 11.8 Å². The third kappa shape index (κ3) is 2.36. The molecule has 0 aromatic carbocycles. The molecule has 2 unspecified atom stereocenters. The normalized spacial score (nSPS) is 34.5. The van der Waals surface area contributed by atoms with Gasteiger partial charge in [-0.25, -0.2) is 0 Å². The van der Waals surface area contributed by atoms with Crippen molar-refractivity contribution in [2.45, 2.75) is 44.7 Å². The zero-order valence-electron chi connectivity index (χ0n) is 11.6. The van der Waals surface area contributed by atoms with Crippen molar-refractivity contribution in [3.63, 3.8) is 0 Å². The maximum absolute atomic E-state index is 12.6. The van der Waals surface area contributed by atoms with Crippen molar-refractivity contribution in [2.24, 2.45) is 11.8 Å². The van der Waals surface area contributed by atoms with Crippen molar-refractivity contribution in [3.05, 3.63) is 0 Å². The first-order chi connectivity index (χ1) is 8.99. The molecular formula is C14H22N2O3. The number of hydrogen-bond acceptors (Lipinski definition) is 3. The number of nitrogens with one attached hydrogen (secondary N) is 1.